The molecule has 4 saturated heterocycles. The van der Waals surface area contributed by atoms with Crippen LogP contribution >= 0.6 is 0 Å². The SMILES string of the molecule is CC[C@@]1(O)C[C@H](O[C@H]2C[C@H](N(C)C)[C@H](O[C@H]3C[C@@H]4O[C@H]5CC(=O)[C@@H](C)O[C@H]5O[C@@H]4[C@H](C)O3)[C@H](C)O2)c2c(cc3c(c2O)C(=O)c2c(O)ccc(O)c2C3=O)[C@H]1C(=O)OC. The number of phenols is 3. The minimum absolute atomic E-state index is 0.00735. The van der Waals surface area contributed by atoms with Crippen molar-refractivity contribution in [2.75, 3.05) is 21.2 Å². The highest BCUT2D eigenvalue weighted by Gasteiger charge is 2.55. The van der Waals surface area contributed by atoms with Crippen molar-refractivity contribution in [2.45, 2.75) is 145 Å². The summed E-state index contributed by atoms with van der Waals surface area (Å²) in [7, 11) is 4.92. The van der Waals surface area contributed by atoms with Crippen LogP contribution in [0.2, 0.25) is 0 Å². The molecule has 4 aliphatic heterocycles. The van der Waals surface area contributed by atoms with Crippen LogP contribution in [0.5, 0.6) is 17.2 Å². The fraction of sp³-hybridized carbons (Fsp3) is 0.619. The lowest BCUT2D eigenvalue weighted by molar-refractivity contribution is -0.371. The van der Waals surface area contributed by atoms with Crippen LogP contribution in [0.3, 0.4) is 0 Å². The molecule has 4 fully saturated rings. The zero-order valence-electron chi connectivity index (χ0n) is 33.9. The number of carbonyl (C=O) groups is 4. The van der Waals surface area contributed by atoms with E-state index in [2.05, 4.69) is 0 Å². The van der Waals surface area contributed by atoms with Gasteiger partial charge in [0, 0.05) is 42.9 Å². The van der Waals surface area contributed by atoms with Gasteiger partial charge < -0.3 is 63.2 Å². The number of fused-ring (bicyclic) bond motifs is 5. The van der Waals surface area contributed by atoms with Crippen molar-refractivity contribution in [3.05, 3.63) is 51.6 Å². The summed E-state index contributed by atoms with van der Waals surface area (Å²) in [6.45, 7) is 7.07. The average Bonchev–Trinajstić information content (AvgIpc) is 3.18. The number of methoxy groups -OCH3 is 1. The third-order valence-electron chi connectivity index (χ3n) is 12.9. The van der Waals surface area contributed by atoms with Crippen molar-refractivity contribution in [2.24, 2.45) is 0 Å². The van der Waals surface area contributed by atoms with Crippen LogP contribution < -0.4 is 0 Å². The molecule has 0 bridgehead atoms. The first-order valence-corrected chi connectivity index (χ1v) is 20.1. The maximum Gasteiger partial charge on any atom is 0.316 e. The predicted molar refractivity (Wildman–Crippen MR) is 201 cm³/mol. The van der Waals surface area contributed by atoms with E-state index < -0.39 is 131 Å². The lowest BCUT2D eigenvalue weighted by atomic mass is 9.67. The maximum atomic E-state index is 14.0. The third-order valence-corrected chi connectivity index (χ3v) is 12.9. The fourth-order valence-corrected chi connectivity index (χ4v) is 9.77. The van der Waals surface area contributed by atoms with Gasteiger partial charge in [-0.25, -0.2) is 0 Å². The van der Waals surface area contributed by atoms with Crippen molar-refractivity contribution in [1.82, 2.24) is 4.90 Å². The summed E-state index contributed by atoms with van der Waals surface area (Å²) in [6.07, 6.45) is -6.48. The summed E-state index contributed by atoms with van der Waals surface area (Å²) < 4.78 is 49.5. The number of rotatable bonds is 7. The van der Waals surface area contributed by atoms with E-state index >= 15 is 0 Å². The Labute approximate surface area is 340 Å². The Balaban J connectivity index is 1.07. The lowest BCUT2D eigenvalue weighted by Gasteiger charge is -2.51. The number of hydrogen-bond donors (Lipinski definition) is 4. The van der Waals surface area contributed by atoms with Gasteiger partial charge in [0.1, 0.15) is 47.6 Å². The Morgan fingerprint density at radius 3 is 2.19 bits per heavy atom. The number of aromatic hydroxyl groups is 3. The van der Waals surface area contributed by atoms with Crippen molar-refractivity contribution in [3.63, 3.8) is 0 Å². The number of ether oxygens (including phenoxy) is 8. The molecule has 14 atom stereocenters. The molecule has 0 aromatic heterocycles. The van der Waals surface area contributed by atoms with Crippen LogP contribution in [0.15, 0.2) is 18.2 Å². The molecule has 2 aromatic rings. The van der Waals surface area contributed by atoms with E-state index in [0.717, 1.165) is 19.2 Å². The molecule has 4 N–H and O–H groups in total. The number of esters is 1. The van der Waals surface area contributed by atoms with Crippen LogP contribution in [-0.4, -0.2) is 143 Å². The van der Waals surface area contributed by atoms with Crippen LogP contribution in [0.1, 0.15) is 115 Å². The molecule has 59 heavy (non-hydrogen) atoms. The number of benzene rings is 2. The van der Waals surface area contributed by atoms with Gasteiger partial charge >= 0.3 is 5.97 Å². The smallest absolute Gasteiger partial charge is 0.316 e. The molecule has 4 heterocycles. The Morgan fingerprint density at radius 1 is 0.864 bits per heavy atom. The zero-order valence-corrected chi connectivity index (χ0v) is 33.9. The quantitative estimate of drug-likeness (QED) is 0.198. The van der Waals surface area contributed by atoms with Gasteiger partial charge in [-0.3, -0.25) is 19.2 Å². The highest BCUT2D eigenvalue weighted by Crippen LogP contribution is 2.54. The van der Waals surface area contributed by atoms with Gasteiger partial charge in [-0.05, 0) is 65.0 Å². The zero-order chi connectivity index (χ0) is 42.4. The largest absolute Gasteiger partial charge is 0.507 e. The first-order valence-electron chi connectivity index (χ1n) is 20.1. The van der Waals surface area contributed by atoms with Gasteiger partial charge in [-0.1, -0.05) is 6.92 Å². The van der Waals surface area contributed by atoms with Crippen LogP contribution in [0, 0.1) is 0 Å². The Bertz CT molecular complexity index is 2050. The predicted octanol–water partition coefficient (Wildman–Crippen LogP) is 2.88. The van der Waals surface area contributed by atoms with Gasteiger partial charge in [0.05, 0.1) is 53.8 Å². The van der Waals surface area contributed by atoms with E-state index in [4.69, 9.17) is 37.9 Å². The number of hydrogen-bond acceptors (Lipinski definition) is 17. The molecule has 6 aliphatic rings. The number of aliphatic hydroxyl groups is 1. The van der Waals surface area contributed by atoms with Gasteiger partial charge in [0.25, 0.3) is 0 Å². The number of ketones is 3. The Kier molecular flexibility index (Phi) is 10.9. The summed E-state index contributed by atoms with van der Waals surface area (Å²) >= 11 is 0. The van der Waals surface area contributed by atoms with E-state index in [1.807, 2.05) is 32.8 Å². The van der Waals surface area contributed by atoms with Crippen LogP contribution in [0.25, 0.3) is 0 Å². The molecule has 17 nitrogen and oxygen atoms in total. The Hall–Kier alpha value is -4.04. The fourth-order valence-electron chi connectivity index (χ4n) is 9.77. The van der Waals surface area contributed by atoms with E-state index in [1.54, 1.807) is 13.8 Å². The van der Waals surface area contributed by atoms with E-state index in [9.17, 15) is 39.6 Å². The molecule has 2 aromatic carbocycles. The number of carbonyl (C=O) groups excluding carboxylic acids is 4. The normalized spacial score (nSPS) is 37.8. The monoisotopic (exact) mass is 825 g/mol. The van der Waals surface area contributed by atoms with Crippen LogP contribution in [0.4, 0.5) is 0 Å². The molecule has 0 spiro atoms. The molecule has 17 heteroatoms. The number of phenolic OH excluding ortho intramolecular Hbond substituents is 3. The van der Waals surface area contributed by atoms with E-state index in [-0.39, 0.29) is 54.2 Å². The summed E-state index contributed by atoms with van der Waals surface area (Å²) in [5.74, 6) is -5.88. The van der Waals surface area contributed by atoms with E-state index in [0.29, 0.717) is 6.42 Å². The Morgan fingerprint density at radius 2 is 1.53 bits per heavy atom. The molecule has 0 radical (unpaired) electrons. The molecule has 320 valence electrons. The summed E-state index contributed by atoms with van der Waals surface area (Å²) in [4.78, 5) is 55.7. The van der Waals surface area contributed by atoms with Gasteiger partial charge in [-0.15, -0.1) is 0 Å². The lowest BCUT2D eigenvalue weighted by Crippen LogP contribution is -2.62. The van der Waals surface area contributed by atoms with Crippen molar-refractivity contribution < 1.29 is 77.5 Å². The molecule has 0 saturated carbocycles. The first-order chi connectivity index (χ1) is 28.0. The average molecular weight is 826 g/mol. The first kappa shape index (κ1) is 41.7. The van der Waals surface area contributed by atoms with Gasteiger partial charge in [-0.2, -0.15) is 0 Å². The standard InChI is InChI=1S/C42H51NO16/c1-8-42(51)15-27(30-19(34(42)40(50)52-7)11-20-31(36(30)48)37(49)33-23(45)10-9-22(44)32(33)35(20)47)57-28-12-21(43(5)6)38(17(3)53-28)58-29-14-25-39(18(4)54-29)59-41-26(56-25)13-24(46)16(2)55-41/h9-11,16-18,21,25-29,34,38-39,41,44-45,48,51H,8,12-15H2,1-7H3/t16-,17+,18+,21+,25+,26+,27+,28+,29+,34+,38-,39-,41+,42-/m1/s1. The van der Waals surface area contributed by atoms with Crippen molar-refractivity contribution >= 4 is 23.3 Å². The van der Waals surface area contributed by atoms with Gasteiger partial charge in [0.15, 0.2) is 30.4 Å². The summed E-state index contributed by atoms with van der Waals surface area (Å²) in [5.41, 5.74) is -3.51. The molecule has 0 unspecified atom stereocenters. The highest BCUT2D eigenvalue weighted by atomic mass is 16.8. The second-order valence-corrected chi connectivity index (χ2v) is 16.7. The molecule has 2 aliphatic carbocycles. The third kappa shape index (κ3) is 6.93. The second-order valence-electron chi connectivity index (χ2n) is 16.7. The summed E-state index contributed by atoms with van der Waals surface area (Å²) in [6, 6.07) is 3.08. The second kappa shape index (κ2) is 15.5. The van der Waals surface area contributed by atoms with E-state index in [1.165, 1.54) is 6.07 Å². The van der Waals surface area contributed by atoms with Crippen LogP contribution in [-0.2, 0) is 47.5 Å². The minimum Gasteiger partial charge on any atom is -0.507 e. The number of nitrogens with zero attached hydrogens (tertiary/aromatic N) is 1. The van der Waals surface area contributed by atoms with Crippen molar-refractivity contribution in [1.29, 1.82) is 0 Å². The summed E-state index contributed by atoms with van der Waals surface area (Å²) in [5, 5.41) is 45.4. The van der Waals surface area contributed by atoms with Crippen molar-refractivity contribution in [3.8, 4) is 17.2 Å². The number of likely N-dealkylation sites (N-methyl/N-ethyl adjacent to an activating group) is 1. The molecule has 8 rings (SSSR count). The topological polar surface area (TPSA) is 226 Å². The molecular formula is C42H51NO16. The maximum absolute atomic E-state index is 14.0. The minimum atomic E-state index is -1.80. The highest BCUT2D eigenvalue weighted by molar-refractivity contribution is 6.31. The number of Topliss-reactive ketones (excluding diaryl/α,β-unsaturated/α-hetero) is 1. The van der Waals surface area contributed by atoms with Gasteiger partial charge in [0.2, 0.25) is 5.78 Å². The molecule has 0 amide bonds. The molecular weight excluding hydrogens is 774 g/mol.